The van der Waals surface area contributed by atoms with E-state index in [0.29, 0.717) is 23.8 Å². The molecular weight excluding hydrogens is 374 g/mol. The first-order valence-corrected chi connectivity index (χ1v) is 10.8. The molecule has 0 radical (unpaired) electrons. The standard InChI is InChI=1S/C25H29N3O2/c1-4-27-14-8-10-19(27)15-26-16-22-20-11-5-6-12-21(20)24(29)28(25(22)30)23-13-7-9-17(2)18(23)3/h5-7,9,11-13,16,19,22H,4,8,10,14-15H2,1-3H3/t19-,22?/m1/s1. The summed E-state index contributed by atoms with van der Waals surface area (Å²) in [4.78, 5) is 35.2. The van der Waals surface area contributed by atoms with Gasteiger partial charge in [0.05, 0.1) is 18.2 Å². The maximum Gasteiger partial charge on any atom is 0.265 e. The Labute approximate surface area is 178 Å². The van der Waals surface area contributed by atoms with Crippen LogP contribution in [0.15, 0.2) is 47.5 Å². The number of carbonyl (C=O) groups excluding carboxylic acids is 2. The molecule has 5 heteroatoms. The van der Waals surface area contributed by atoms with E-state index in [-0.39, 0.29) is 11.8 Å². The zero-order valence-corrected chi connectivity index (χ0v) is 18.0. The summed E-state index contributed by atoms with van der Waals surface area (Å²) in [6.45, 7) is 8.96. The van der Waals surface area contributed by atoms with Gasteiger partial charge in [0.2, 0.25) is 5.91 Å². The second-order valence-electron chi connectivity index (χ2n) is 8.20. The predicted octanol–water partition coefficient (Wildman–Crippen LogP) is 4.13. The van der Waals surface area contributed by atoms with Crippen molar-refractivity contribution in [3.63, 3.8) is 0 Å². The van der Waals surface area contributed by atoms with E-state index in [0.717, 1.165) is 36.2 Å². The predicted molar refractivity (Wildman–Crippen MR) is 121 cm³/mol. The Morgan fingerprint density at radius 1 is 1.10 bits per heavy atom. The highest BCUT2D eigenvalue weighted by molar-refractivity contribution is 6.29. The molecule has 156 valence electrons. The first-order chi connectivity index (χ1) is 14.5. The second kappa shape index (κ2) is 8.52. The van der Waals surface area contributed by atoms with E-state index < -0.39 is 5.92 Å². The highest BCUT2D eigenvalue weighted by atomic mass is 16.2. The average Bonchev–Trinajstić information content (AvgIpc) is 3.21. The van der Waals surface area contributed by atoms with Gasteiger partial charge in [-0.1, -0.05) is 37.3 Å². The fraction of sp³-hybridized carbons (Fsp3) is 0.400. The fourth-order valence-electron chi connectivity index (χ4n) is 4.61. The van der Waals surface area contributed by atoms with Gasteiger partial charge in [-0.2, -0.15) is 0 Å². The third-order valence-electron chi connectivity index (χ3n) is 6.51. The van der Waals surface area contributed by atoms with Crippen molar-refractivity contribution >= 4 is 23.7 Å². The van der Waals surface area contributed by atoms with Crippen molar-refractivity contribution < 1.29 is 9.59 Å². The van der Waals surface area contributed by atoms with Gasteiger partial charge in [-0.05, 0) is 68.6 Å². The highest BCUT2D eigenvalue weighted by Crippen LogP contribution is 2.34. The number of likely N-dealkylation sites (N-methyl/N-ethyl adjacent to an activating group) is 1. The van der Waals surface area contributed by atoms with Crippen LogP contribution in [0.5, 0.6) is 0 Å². The monoisotopic (exact) mass is 403 g/mol. The van der Waals surface area contributed by atoms with Crippen molar-refractivity contribution in [2.24, 2.45) is 4.99 Å². The number of rotatable bonds is 5. The summed E-state index contributed by atoms with van der Waals surface area (Å²) in [6.07, 6.45) is 4.11. The normalized spacial score (nSPS) is 22.2. The molecule has 2 amide bonds. The van der Waals surface area contributed by atoms with Crippen LogP contribution in [0.1, 0.15) is 52.7 Å². The third-order valence-corrected chi connectivity index (χ3v) is 6.51. The summed E-state index contributed by atoms with van der Waals surface area (Å²) in [7, 11) is 0. The van der Waals surface area contributed by atoms with E-state index in [4.69, 9.17) is 4.99 Å². The van der Waals surface area contributed by atoms with Gasteiger partial charge in [-0.25, -0.2) is 4.90 Å². The summed E-state index contributed by atoms with van der Waals surface area (Å²) in [5, 5.41) is 0. The van der Waals surface area contributed by atoms with Crippen LogP contribution in [0.2, 0.25) is 0 Å². The van der Waals surface area contributed by atoms with Crippen LogP contribution < -0.4 is 4.90 Å². The number of benzene rings is 2. The smallest absolute Gasteiger partial charge is 0.265 e. The number of likely N-dealkylation sites (tertiary alicyclic amines) is 1. The van der Waals surface area contributed by atoms with Gasteiger partial charge in [0.25, 0.3) is 5.91 Å². The zero-order chi connectivity index (χ0) is 21.3. The molecule has 0 N–H and O–H groups in total. The third kappa shape index (κ3) is 3.58. The van der Waals surface area contributed by atoms with Crippen molar-refractivity contribution in [1.29, 1.82) is 0 Å². The molecule has 0 aromatic heterocycles. The van der Waals surface area contributed by atoms with Crippen LogP contribution in [0.4, 0.5) is 5.69 Å². The minimum atomic E-state index is -0.546. The molecule has 2 aliphatic heterocycles. The number of nitrogens with zero attached hydrogens (tertiary/aromatic N) is 3. The first kappa shape index (κ1) is 20.5. The van der Waals surface area contributed by atoms with Gasteiger partial charge in [0, 0.05) is 17.8 Å². The van der Waals surface area contributed by atoms with Crippen molar-refractivity contribution in [1.82, 2.24) is 4.90 Å². The summed E-state index contributed by atoms with van der Waals surface area (Å²) in [6, 6.07) is 13.6. The Balaban J connectivity index is 1.68. The molecule has 1 saturated heterocycles. The molecule has 2 aromatic rings. The van der Waals surface area contributed by atoms with Crippen LogP contribution in [0.3, 0.4) is 0 Å². The molecule has 5 nitrogen and oxygen atoms in total. The number of carbonyl (C=O) groups is 2. The minimum Gasteiger partial charge on any atom is -0.299 e. The molecule has 0 bridgehead atoms. The molecule has 2 atom stereocenters. The van der Waals surface area contributed by atoms with E-state index in [2.05, 4.69) is 11.8 Å². The summed E-state index contributed by atoms with van der Waals surface area (Å²) in [5.41, 5.74) is 3.98. The molecule has 1 fully saturated rings. The number of hydrogen-bond acceptors (Lipinski definition) is 4. The Kier molecular flexibility index (Phi) is 5.82. The Morgan fingerprint density at radius 3 is 2.70 bits per heavy atom. The van der Waals surface area contributed by atoms with Crippen molar-refractivity contribution in [3.05, 3.63) is 64.7 Å². The lowest BCUT2D eigenvalue weighted by Crippen LogP contribution is -2.46. The molecule has 0 aliphatic carbocycles. The van der Waals surface area contributed by atoms with Gasteiger partial charge in [-0.15, -0.1) is 0 Å². The molecule has 2 aromatic carbocycles. The molecular formula is C25H29N3O2. The van der Waals surface area contributed by atoms with Crippen molar-refractivity contribution in [2.75, 3.05) is 24.5 Å². The van der Waals surface area contributed by atoms with Gasteiger partial charge in [-0.3, -0.25) is 19.5 Å². The SMILES string of the molecule is CCN1CCC[C@@H]1CN=CC1C(=O)N(c2cccc(C)c2C)C(=O)c2ccccc21. The van der Waals surface area contributed by atoms with Crippen molar-refractivity contribution in [3.8, 4) is 0 Å². The molecule has 1 unspecified atom stereocenters. The number of aliphatic imine (C=N–C) groups is 1. The number of aryl methyl sites for hydroxylation is 1. The summed E-state index contributed by atoms with van der Waals surface area (Å²) in [5.74, 6) is -1.04. The maximum atomic E-state index is 13.5. The average molecular weight is 404 g/mol. The molecule has 30 heavy (non-hydrogen) atoms. The lowest BCUT2D eigenvalue weighted by molar-refractivity contribution is -0.118. The Morgan fingerprint density at radius 2 is 1.90 bits per heavy atom. The van der Waals surface area contributed by atoms with Crippen LogP contribution in [0.25, 0.3) is 0 Å². The van der Waals surface area contributed by atoms with Crippen LogP contribution >= 0.6 is 0 Å². The van der Waals surface area contributed by atoms with E-state index in [9.17, 15) is 9.59 Å². The quantitative estimate of drug-likeness (QED) is 0.557. The highest BCUT2D eigenvalue weighted by Gasteiger charge is 2.39. The van der Waals surface area contributed by atoms with E-state index >= 15 is 0 Å². The van der Waals surface area contributed by atoms with E-state index in [1.807, 2.05) is 50.2 Å². The summed E-state index contributed by atoms with van der Waals surface area (Å²) < 4.78 is 0. The maximum absolute atomic E-state index is 13.5. The molecule has 2 aliphatic rings. The zero-order valence-electron chi connectivity index (χ0n) is 18.0. The molecule has 0 saturated carbocycles. The Hall–Kier alpha value is -2.79. The van der Waals surface area contributed by atoms with Crippen molar-refractivity contribution in [2.45, 2.75) is 45.6 Å². The Bertz CT molecular complexity index is 998. The topological polar surface area (TPSA) is 53.0 Å². The van der Waals surface area contributed by atoms with E-state index in [1.54, 1.807) is 12.3 Å². The molecule has 4 rings (SSSR count). The number of amides is 2. The molecule has 0 spiro atoms. The van der Waals surface area contributed by atoms with Crippen LogP contribution in [0, 0.1) is 13.8 Å². The number of hydrogen-bond donors (Lipinski definition) is 0. The number of anilines is 1. The molecule has 2 heterocycles. The fourth-order valence-corrected chi connectivity index (χ4v) is 4.61. The van der Waals surface area contributed by atoms with E-state index in [1.165, 1.54) is 11.3 Å². The van der Waals surface area contributed by atoms with Crippen LogP contribution in [-0.2, 0) is 4.79 Å². The number of fused-ring (bicyclic) bond motifs is 1. The lowest BCUT2D eigenvalue weighted by atomic mass is 9.88. The van der Waals surface area contributed by atoms with Crippen LogP contribution in [-0.4, -0.2) is 48.6 Å². The largest absolute Gasteiger partial charge is 0.299 e. The van der Waals surface area contributed by atoms with Gasteiger partial charge in [0.1, 0.15) is 0 Å². The minimum absolute atomic E-state index is 0.227. The summed E-state index contributed by atoms with van der Waals surface area (Å²) >= 11 is 0. The number of imide groups is 1. The van der Waals surface area contributed by atoms with Gasteiger partial charge < -0.3 is 0 Å². The second-order valence-corrected chi connectivity index (χ2v) is 8.20. The van der Waals surface area contributed by atoms with Gasteiger partial charge >= 0.3 is 0 Å². The first-order valence-electron chi connectivity index (χ1n) is 10.8. The van der Waals surface area contributed by atoms with Gasteiger partial charge in [0.15, 0.2) is 0 Å². The lowest BCUT2D eigenvalue weighted by Gasteiger charge is -2.32.